The predicted molar refractivity (Wildman–Crippen MR) is 64.6 cm³/mol. The van der Waals surface area contributed by atoms with Gasteiger partial charge in [-0.3, -0.25) is 10.1 Å². The molecule has 0 bridgehead atoms. The topological polar surface area (TPSA) is 55.2 Å². The third-order valence-corrected chi connectivity index (χ3v) is 3.41. The van der Waals surface area contributed by atoms with Crippen LogP contribution in [0.5, 0.6) is 0 Å². The van der Waals surface area contributed by atoms with Crippen LogP contribution in [-0.2, 0) is 6.42 Å². The van der Waals surface area contributed by atoms with Crippen LogP contribution >= 0.6 is 11.8 Å². The van der Waals surface area contributed by atoms with Gasteiger partial charge in [0.05, 0.1) is 11.3 Å². The van der Waals surface area contributed by atoms with Crippen molar-refractivity contribution in [3.63, 3.8) is 0 Å². The van der Waals surface area contributed by atoms with Crippen molar-refractivity contribution in [2.75, 3.05) is 12.3 Å². The van der Waals surface area contributed by atoms with Crippen LogP contribution < -0.4 is 5.32 Å². The summed E-state index contributed by atoms with van der Waals surface area (Å²) in [5.74, 6) is 0.904. The molecule has 0 aliphatic carbocycles. The Morgan fingerprint density at radius 1 is 1.44 bits per heavy atom. The molecule has 0 unspecified atom stereocenters. The first-order chi connectivity index (χ1) is 7.77. The van der Waals surface area contributed by atoms with Crippen LogP contribution in [-0.4, -0.2) is 17.2 Å². The molecular formula is C11H12N2O2S. The summed E-state index contributed by atoms with van der Waals surface area (Å²) >= 11 is 1.52. The van der Waals surface area contributed by atoms with Crippen LogP contribution in [0.1, 0.15) is 5.56 Å². The van der Waals surface area contributed by atoms with Gasteiger partial charge in [0.15, 0.2) is 0 Å². The van der Waals surface area contributed by atoms with Gasteiger partial charge in [-0.05, 0) is 5.56 Å². The summed E-state index contributed by atoms with van der Waals surface area (Å²) < 4.78 is 0. The first kappa shape index (κ1) is 11.0. The zero-order valence-corrected chi connectivity index (χ0v) is 9.50. The molecule has 1 N–H and O–H groups in total. The second-order valence-corrected chi connectivity index (χ2v) is 4.58. The molecule has 4 nitrogen and oxygen atoms in total. The third kappa shape index (κ3) is 2.55. The van der Waals surface area contributed by atoms with Gasteiger partial charge < -0.3 is 5.32 Å². The van der Waals surface area contributed by atoms with Crippen LogP contribution in [0.25, 0.3) is 0 Å². The molecule has 5 heteroatoms. The molecule has 0 aromatic heterocycles. The summed E-state index contributed by atoms with van der Waals surface area (Å²) in [5, 5.41) is 14.8. The summed E-state index contributed by atoms with van der Waals surface area (Å²) in [7, 11) is 0. The van der Waals surface area contributed by atoms with E-state index in [0.29, 0.717) is 11.4 Å². The number of allylic oxidation sites excluding steroid dienone is 1. The normalized spacial score (nSPS) is 18.0. The molecule has 1 aromatic carbocycles. The van der Waals surface area contributed by atoms with Gasteiger partial charge in [-0.1, -0.05) is 30.3 Å². The molecule has 0 amide bonds. The Kier molecular flexibility index (Phi) is 3.46. The lowest BCUT2D eigenvalue weighted by molar-refractivity contribution is -0.427. The lowest BCUT2D eigenvalue weighted by atomic mass is 10.1. The maximum absolute atomic E-state index is 11.0. The molecule has 84 valence electrons. The molecule has 1 fully saturated rings. The van der Waals surface area contributed by atoms with Gasteiger partial charge in [-0.2, -0.15) is 0 Å². The van der Waals surface area contributed by atoms with Gasteiger partial charge >= 0.3 is 0 Å². The highest BCUT2D eigenvalue weighted by molar-refractivity contribution is 8.03. The van der Waals surface area contributed by atoms with Crippen molar-refractivity contribution in [2.24, 2.45) is 0 Å². The van der Waals surface area contributed by atoms with Crippen molar-refractivity contribution in [3.8, 4) is 0 Å². The number of nitrogens with zero attached hydrogens (tertiary/aromatic N) is 1. The molecule has 0 spiro atoms. The number of hydrogen-bond acceptors (Lipinski definition) is 4. The van der Waals surface area contributed by atoms with Gasteiger partial charge in [0.25, 0.3) is 5.70 Å². The van der Waals surface area contributed by atoms with E-state index in [-0.39, 0.29) is 10.6 Å². The van der Waals surface area contributed by atoms with Gasteiger partial charge in [0, 0.05) is 12.3 Å². The average molecular weight is 236 g/mol. The summed E-state index contributed by atoms with van der Waals surface area (Å²) in [6, 6.07) is 9.51. The predicted octanol–water partition coefficient (Wildman–Crippen LogP) is 2.01. The molecule has 0 radical (unpaired) electrons. The van der Waals surface area contributed by atoms with E-state index in [0.717, 1.165) is 17.9 Å². The Morgan fingerprint density at radius 3 is 2.75 bits per heavy atom. The van der Waals surface area contributed by atoms with Gasteiger partial charge in [0.1, 0.15) is 5.03 Å². The summed E-state index contributed by atoms with van der Waals surface area (Å²) in [4.78, 5) is 10.7. The van der Waals surface area contributed by atoms with E-state index >= 15 is 0 Å². The molecule has 1 aliphatic heterocycles. The van der Waals surface area contributed by atoms with Crippen molar-refractivity contribution in [1.82, 2.24) is 5.32 Å². The minimum absolute atomic E-state index is 0.272. The molecule has 1 aromatic rings. The Morgan fingerprint density at radius 2 is 2.19 bits per heavy atom. The Bertz CT molecular complexity index is 409. The van der Waals surface area contributed by atoms with Crippen molar-refractivity contribution in [1.29, 1.82) is 0 Å². The second kappa shape index (κ2) is 5.03. The van der Waals surface area contributed by atoms with E-state index in [2.05, 4.69) is 5.32 Å². The maximum atomic E-state index is 11.0. The largest absolute Gasteiger partial charge is 0.374 e. The quantitative estimate of drug-likeness (QED) is 0.644. The molecule has 1 heterocycles. The van der Waals surface area contributed by atoms with Crippen molar-refractivity contribution in [2.45, 2.75) is 6.42 Å². The molecule has 0 saturated carbocycles. The number of nitro groups is 1. The monoisotopic (exact) mass is 236 g/mol. The molecule has 1 aliphatic rings. The van der Waals surface area contributed by atoms with Crippen LogP contribution in [0.3, 0.4) is 0 Å². The van der Waals surface area contributed by atoms with Crippen LogP contribution in [0.15, 0.2) is 41.1 Å². The minimum atomic E-state index is -0.284. The maximum Gasteiger partial charge on any atom is 0.280 e. The van der Waals surface area contributed by atoms with Crippen molar-refractivity contribution < 1.29 is 4.92 Å². The zero-order chi connectivity index (χ0) is 11.4. The second-order valence-electron chi connectivity index (χ2n) is 3.47. The van der Waals surface area contributed by atoms with E-state index < -0.39 is 0 Å². The van der Waals surface area contributed by atoms with Crippen molar-refractivity contribution in [3.05, 3.63) is 56.7 Å². The Labute approximate surface area is 97.9 Å². The Balaban J connectivity index is 2.22. The van der Waals surface area contributed by atoms with E-state index in [1.54, 1.807) is 0 Å². The van der Waals surface area contributed by atoms with E-state index in [1.807, 2.05) is 30.3 Å². The fourth-order valence-corrected chi connectivity index (χ4v) is 2.50. The van der Waals surface area contributed by atoms with Gasteiger partial charge in [0.2, 0.25) is 0 Å². The molecule has 0 atom stereocenters. The summed E-state index contributed by atoms with van der Waals surface area (Å²) in [6.07, 6.45) is 0.378. The number of benzene rings is 1. The fraction of sp³-hybridized carbons (Fsp3) is 0.273. The van der Waals surface area contributed by atoms with Crippen LogP contribution in [0.4, 0.5) is 0 Å². The first-order valence-corrected chi connectivity index (χ1v) is 6.04. The van der Waals surface area contributed by atoms with Crippen LogP contribution in [0.2, 0.25) is 0 Å². The van der Waals surface area contributed by atoms with Gasteiger partial charge in [-0.15, -0.1) is 11.8 Å². The van der Waals surface area contributed by atoms with Crippen LogP contribution in [0, 0.1) is 10.1 Å². The molecule has 16 heavy (non-hydrogen) atoms. The fourth-order valence-electron chi connectivity index (χ4n) is 1.57. The standard InChI is InChI=1S/C11H12N2O2S/c14-13(15)10(11-12-6-7-16-11)8-9-4-2-1-3-5-9/h1-5,12H,6-8H2. The highest BCUT2D eigenvalue weighted by atomic mass is 32.2. The highest BCUT2D eigenvalue weighted by Crippen LogP contribution is 2.24. The summed E-state index contributed by atoms with van der Waals surface area (Å²) in [6.45, 7) is 0.812. The number of hydrogen-bond donors (Lipinski definition) is 1. The van der Waals surface area contributed by atoms with E-state index in [4.69, 9.17) is 0 Å². The number of nitrogens with one attached hydrogen (secondary N) is 1. The average Bonchev–Trinajstić information content (AvgIpc) is 2.80. The van der Waals surface area contributed by atoms with E-state index in [1.165, 1.54) is 11.8 Å². The lowest BCUT2D eigenvalue weighted by Crippen LogP contribution is -2.13. The van der Waals surface area contributed by atoms with Crippen molar-refractivity contribution >= 4 is 11.8 Å². The molecule has 2 rings (SSSR count). The lowest BCUT2D eigenvalue weighted by Gasteiger charge is -2.03. The SMILES string of the molecule is O=[N+]([O-])C(Cc1ccccc1)=C1NCCS1. The first-order valence-electron chi connectivity index (χ1n) is 5.05. The summed E-state index contributed by atoms with van der Waals surface area (Å²) in [5.41, 5.74) is 1.24. The minimum Gasteiger partial charge on any atom is -0.374 e. The zero-order valence-electron chi connectivity index (χ0n) is 8.68. The highest BCUT2D eigenvalue weighted by Gasteiger charge is 2.22. The number of thioether (sulfide) groups is 1. The third-order valence-electron chi connectivity index (χ3n) is 2.33. The van der Waals surface area contributed by atoms with E-state index in [9.17, 15) is 10.1 Å². The number of rotatable bonds is 3. The molecular weight excluding hydrogens is 224 g/mol. The smallest absolute Gasteiger partial charge is 0.280 e. The molecule has 1 saturated heterocycles. The Hall–Kier alpha value is -1.49. The van der Waals surface area contributed by atoms with Gasteiger partial charge in [-0.25, -0.2) is 0 Å².